The zero-order valence-corrected chi connectivity index (χ0v) is 9.32. The SMILES string of the molecule is COC(=O)C(C)CC(=O)C1CCOCC1. The number of hydrogen-bond acceptors (Lipinski definition) is 4. The second-order valence-electron chi connectivity index (χ2n) is 3.98. The minimum atomic E-state index is -0.328. The molecule has 1 aliphatic rings. The Labute approximate surface area is 89.9 Å². The van der Waals surface area contributed by atoms with Crippen molar-refractivity contribution >= 4 is 11.8 Å². The molecule has 0 radical (unpaired) electrons. The van der Waals surface area contributed by atoms with E-state index in [1.165, 1.54) is 7.11 Å². The van der Waals surface area contributed by atoms with Crippen LogP contribution >= 0.6 is 0 Å². The van der Waals surface area contributed by atoms with Gasteiger partial charge in [0.05, 0.1) is 13.0 Å². The van der Waals surface area contributed by atoms with Gasteiger partial charge in [0, 0.05) is 25.6 Å². The topological polar surface area (TPSA) is 52.6 Å². The van der Waals surface area contributed by atoms with Crippen LogP contribution in [0.5, 0.6) is 0 Å². The molecule has 15 heavy (non-hydrogen) atoms. The predicted octanol–water partition coefficient (Wildman–Crippen LogP) is 1.18. The summed E-state index contributed by atoms with van der Waals surface area (Å²) in [6, 6.07) is 0. The molecule has 0 aliphatic carbocycles. The van der Waals surface area contributed by atoms with Crippen molar-refractivity contribution < 1.29 is 19.1 Å². The summed E-state index contributed by atoms with van der Waals surface area (Å²) in [7, 11) is 1.34. The fourth-order valence-electron chi connectivity index (χ4n) is 1.77. The van der Waals surface area contributed by atoms with E-state index in [0.29, 0.717) is 13.2 Å². The molecule has 0 spiro atoms. The molecule has 1 atom stereocenters. The van der Waals surface area contributed by atoms with Crippen LogP contribution in [0.3, 0.4) is 0 Å². The number of esters is 1. The van der Waals surface area contributed by atoms with Crippen molar-refractivity contribution in [1.82, 2.24) is 0 Å². The maximum absolute atomic E-state index is 11.8. The lowest BCUT2D eigenvalue weighted by atomic mass is 9.90. The van der Waals surface area contributed by atoms with E-state index in [-0.39, 0.29) is 30.0 Å². The van der Waals surface area contributed by atoms with Gasteiger partial charge in [-0.2, -0.15) is 0 Å². The lowest BCUT2D eigenvalue weighted by Gasteiger charge is -2.21. The molecule has 4 heteroatoms. The van der Waals surface area contributed by atoms with Crippen LogP contribution in [0, 0.1) is 11.8 Å². The molecule has 0 saturated carbocycles. The zero-order valence-electron chi connectivity index (χ0n) is 9.32. The van der Waals surface area contributed by atoms with Crippen LogP contribution in [-0.2, 0) is 19.1 Å². The molecule has 0 amide bonds. The molecule has 1 unspecified atom stereocenters. The van der Waals surface area contributed by atoms with Crippen molar-refractivity contribution in [1.29, 1.82) is 0 Å². The van der Waals surface area contributed by atoms with E-state index in [0.717, 1.165) is 12.8 Å². The van der Waals surface area contributed by atoms with Gasteiger partial charge < -0.3 is 9.47 Å². The van der Waals surface area contributed by atoms with Crippen LogP contribution in [0.4, 0.5) is 0 Å². The van der Waals surface area contributed by atoms with Gasteiger partial charge in [0.1, 0.15) is 5.78 Å². The molecule has 86 valence electrons. The normalized spacial score (nSPS) is 19.6. The molecule has 1 heterocycles. The Morgan fingerprint density at radius 1 is 1.40 bits per heavy atom. The van der Waals surface area contributed by atoms with E-state index in [2.05, 4.69) is 4.74 Å². The highest BCUT2D eigenvalue weighted by atomic mass is 16.5. The predicted molar refractivity (Wildman–Crippen MR) is 54.3 cm³/mol. The van der Waals surface area contributed by atoms with Crippen molar-refractivity contribution in [2.24, 2.45) is 11.8 Å². The summed E-state index contributed by atoms with van der Waals surface area (Å²) >= 11 is 0. The average molecular weight is 214 g/mol. The number of Topliss-reactive ketones (excluding diaryl/α,β-unsaturated/α-hetero) is 1. The number of hydrogen-bond donors (Lipinski definition) is 0. The van der Waals surface area contributed by atoms with Crippen molar-refractivity contribution in [2.45, 2.75) is 26.2 Å². The minimum absolute atomic E-state index is 0.0749. The van der Waals surface area contributed by atoms with Crippen molar-refractivity contribution in [3.05, 3.63) is 0 Å². The molecule has 1 rings (SSSR count). The number of rotatable bonds is 4. The summed E-state index contributed by atoms with van der Waals surface area (Å²) in [6.07, 6.45) is 1.86. The van der Waals surface area contributed by atoms with Crippen LogP contribution in [0.25, 0.3) is 0 Å². The molecule has 0 N–H and O–H groups in total. The number of ether oxygens (including phenoxy) is 2. The van der Waals surface area contributed by atoms with Gasteiger partial charge in [-0.1, -0.05) is 6.92 Å². The number of methoxy groups -OCH3 is 1. The summed E-state index contributed by atoms with van der Waals surface area (Å²) in [4.78, 5) is 22.9. The van der Waals surface area contributed by atoms with E-state index in [4.69, 9.17) is 4.74 Å². The van der Waals surface area contributed by atoms with Crippen LogP contribution in [0.2, 0.25) is 0 Å². The Bertz CT molecular complexity index is 231. The molecule has 4 nitrogen and oxygen atoms in total. The fourth-order valence-corrected chi connectivity index (χ4v) is 1.77. The Morgan fingerprint density at radius 3 is 2.53 bits per heavy atom. The zero-order chi connectivity index (χ0) is 11.3. The highest BCUT2D eigenvalue weighted by molar-refractivity contribution is 5.85. The van der Waals surface area contributed by atoms with Gasteiger partial charge in [0.2, 0.25) is 0 Å². The molecule has 0 aromatic carbocycles. The smallest absolute Gasteiger partial charge is 0.308 e. The second-order valence-corrected chi connectivity index (χ2v) is 3.98. The maximum atomic E-state index is 11.8. The number of ketones is 1. The lowest BCUT2D eigenvalue weighted by Crippen LogP contribution is -2.26. The maximum Gasteiger partial charge on any atom is 0.308 e. The van der Waals surface area contributed by atoms with Gasteiger partial charge in [-0.15, -0.1) is 0 Å². The lowest BCUT2D eigenvalue weighted by molar-refractivity contribution is -0.147. The van der Waals surface area contributed by atoms with E-state index < -0.39 is 0 Å². The van der Waals surface area contributed by atoms with Gasteiger partial charge in [-0.3, -0.25) is 9.59 Å². The summed E-state index contributed by atoms with van der Waals surface area (Å²) in [6.45, 7) is 3.04. The standard InChI is InChI=1S/C11H18O4/c1-8(11(13)14-2)7-10(12)9-3-5-15-6-4-9/h8-9H,3-7H2,1-2H3. The van der Waals surface area contributed by atoms with Crippen LogP contribution < -0.4 is 0 Å². The Morgan fingerprint density at radius 2 is 2.00 bits per heavy atom. The van der Waals surface area contributed by atoms with Gasteiger partial charge >= 0.3 is 5.97 Å². The largest absolute Gasteiger partial charge is 0.469 e. The van der Waals surface area contributed by atoms with Crippen LogP contribution in [0.1, 0.15) is 26.2 Å². The van der Waals surface area contributed by atoms with Crippen LogP contribution in [-0.4, -0.2) is 32.1 Å². The third kappa shape index (κ3) is 3.63. The highest BCUT2D eigenvalue weighted by Gasteiger charge is 2.25. The van der Waals surface area contributed by atoms with Crippen molar-refractivity contribution in [3.8, 4) is 0 Å². The molecule has 1 aliphatic heterocycles. The molecule has 0 aromatic heterocycles. The first-order valence-corrected chi connectivity index (χ1v) is 5.33. The average Bonchev–Trinajstić information content (AvgIpc) is 2.29. The molecule has 0 bridgehead atoms. The monoisotopic (exact) mass is 214 g/mol. The van der Waals surface area contributed by atoms with E-state index in [9.17, 15) is 9.59 Å². The van der Waals surface area contributed by atoms with Crippen LogP contribution in [0.15, 0.2) is 0 Å². The van der Waals surface area contributed by atoms with Gasteiger partial charge in [0.25, 0.3) is 0 Å². The van der Waals surface area contributed by atoms with E-state index >= 15 is 0 Å². The van der Waals surface area contributed by atoms with E-state index in [1.54, 1.807) is 6.92 Å². The summed E-state index contributed by atoms with van der Waals surface area (Å²) in [5.74, 6) is -0.400. The minimum Gasteiger partial charge on any atom is -0.469 e. The quantitative estimate of drug-likeness (QED) is 0.659. The summed E-state index contributed by atoms with van der Waals surface area (Å²) in [5, 5.41) is 0. The van der Waals surface area contributed by atoms with E-state index in [1.807, 2.05) is 0 Å². The van der Waals surface area contributed by atoms with Crippen molar-refractivity contribution in [3.63, 3.8) is 0 Å². The highest BCUT2D eigenvalue weighted by Crippen LogP contribution is 2.19. The summed E-state index contributed by atoms with van der Waals surface area (Å²) < 4.78 is 9.76. The first-order valence-electron chi connectivity index (χ1n) is 5.33. The molecule has 1 fully saturated rings. The Balaban J connectivity index is 2.36. The van der Waals surface area contributed by atoms with Crippen molar-refractivity contribution in [2.75, 3.05) is 20.3 Å². The number of carbonyl (C=O) groups is 2. The fraction of sp³-hybridized carbons (Fsp3) is 0.818. The molecule has 1 saturated heterocycles. The third-order valence-corrected chi connectivity index (χ3v) is 2.79. The first kappa shape index (κ1) is 12.2. The molecular formula is C11H18O4. The molecule has 0 aromatic rings. The van der Waals surface area contributed by atoms with Gasteiger partial charge in [0.15, 0.2) is 0 Å². The number of carbonyl (C=O) groups excluding carboxylic acids is 2. The second kappa shape index (κ2) is 5.85. The molecular weight excluding hydrogens is 196 g/mol. The van der Waals surface area contributed by atoms with Gasteiger partial charge in [-0.25, -0.2) is 0 Å². The summed E-state index contributed by atoms with van der Waals surface area (Å²) in [5.41, 5.74) is 0. The third-order valence-electron chi connectivity index (χ3n) is 2.79. The van der Waals surface area contributed by atoms with Gasteiger partial charge in [-0.05, 0) is 12.8 Å². The Kier molecular flexibility index (Phi) is 4.75. The first-order chi connectivity index (χ1) is 7.15. The Hall–Kier alpha value is -0.900.